The van der Waals surface area contributed by atoms with E-state index in [1.165, 1.54) is 24.0 Å². The molecule has 2 amide bonds. The molecule has 2 aliphatic rings. The van der Waals surface area contributed by atoms with Gasteiger partial charge in [0.2, 0.25) is 11.8 Å². The lowest BCUT2D eigenvalue weighted by Gasteiger charge is -2.06. The Balaban J connectivity index is 0.955. The molecule has 4 rings (SSSR count). The molecule has 4 atom stereocenters. The second-order valence-electron chi connectivity index (χ2n) is 9.42. The number of carbonyl (C=O) groups is 2. The van der Waals surface area contributed by atoms with E-state index in [-0.39, 0.29) is 23.7 Å². The van der Waals surface area contributed by atoms with Crippen molar-refractivity contribution in [2.45, 2.75) is 63.2 Å². The highest BCUT2D eigenvalue weighted by Crippen LogP contribution is 2.48. The van der Waals surface area contributed by atoms with Crippen molar-refractivity contribution in [3.05, 3.63) is 71.8 Å². The minimum atomic E-state index is 0.172. The Bertz CT molecular complexity index is 794. The van der Waals surface area contributed by atoms with Gasteiger partial charge in [0.05, 0.1) is 0 Å². The number of carbonyl (C=O) groups excluding carboxylic acids is 2. The smallest absolute Gasteiger partial charge is 0.223 e. The van der Waals surface area contributed by atoms with Crippen LogP contribution in [0.3, 0.4) is 0 Å². The molecular weight excluding hydrogens is 396 g/mol. The van der Waals surface area contributed by atoms with E-state index in [1.54, 1.807) is 0 Å². The van der Waals surface area contributed by atoms with Crippen LogP contribution < -0.4 is 10.6 Å². The molecule has 4 nitrogen and oxygen atoms in total. The molecule has 0 spiro atoms. The van der Waals surface area contributed by atoms with Gasteiger partial charge < -0.3 is 10.6 Å². The van der Waals surface area contributed by atoms with E-state index >= 15 is 0 Å². The van der Waals surface area contributed by atoms with Crippen molar-refractivity contribution < 1.29 is 9.59 Å². The van der Waals surface area contributed by atoms with Crippen LogP contribution in [0.5, 0.6) is 0 Å². The average molecular weight is 433 g/mol. The third-order valence-corrected chi connectivity index (χ3v) is 6.91. The van der Waals surface area contributed by atoms with E-state index in [0.29, 0.717) is 11.8 Å². The SMILES string of the molecule is O=C(NCCCCCCCCNC(=O)[C@@H]1C[C@@H]1c1ccccc1)[C@H]1C[C@H]1c1ccccc1. The monoisotopic (exact) mass is 432 g/mol. The van der Waals surface area contributed by atoms with Gasteiger partial charge in [0.25, 0.3) is 0 Å². The Hall–Kier alpha value is -2.62. The van der Waals surface area contributed by atoms with Crippen LogP contribution in [0.15, 0.2) is 60.7 Å². The topological polar surface area (TPSA) is 58.2 Å². The number of rotatable bonds is 13. The number of hydrogen-bond donors (Lipinski definition) is 2. The fourth-order valence-electron chi connectivity index (χ4n) is 4.75. The van der Waals surface area contributed by atoms with Crippen LogP contribution in [-0.2, 0) is 9.59 Å². The molecule has 170 valence electrons. The minimum Gasteiger partial charge on any atom is -0.356 e. The predicted molar refractivity (Wildman–Crippen MR) is 128 cm³/mol. The van der Waals surface area contributed by atoms with Crippen molar-refractivity contribution in [1.29, 1.82) is 0 Å². The molecule has 2 aromatic rings. The average Bonchev–Trinajstić information content (AvgIpc) is 3.75. The summed E-state index contributed by atoms with van der Waals surface area (Å²) >= 11 is 0. The fraction of sp³-hybridized carbons (Fsp3) is 0.500. The van der Waals surface area contributed by atoms with Gasteiger partial charge in [0, 0.05) is 24.9 Å². The van der Waals surface area contributed by atoms with Gasteiger partial charge in [-0.1, -0.05) is 86.3 Å². The van der Waals surface area contributed by atoms with Gasteiger partial charge in [0.15, 0.2) is 0 Å². The molecule has 2 aromatic carbocycles. The molecule has 2 saturated carbocycles. The summed E-state index contributed by atoms with van der Waals surface area (Å²) in [6, 6.07) is 20.7. The zero-order valence-corrected chi connectivity index (χ0v) is 19.0. The zero-order chi connectivity index (χ0) is 22.2. The zero-order valence-electron chi connectivity index (χ0n) is 19.0. The number of benzene rings is 2. The standard InChI is InChI=1S/C28H36N2O2/c31-27(25-19-23(25)21-13-7-5-8-14-21)29-17-11-3-1-2-4-12-18-30-28(32)26-20-24(26)22-15-9-6-10-16-22/h5-10,13-16,23-26H,1-4,11-12,17-20H2,(H,29,31)(H,30,32)/t23-,24+,25-,26+. The van der Waals surface area contributed by atoms with Crippen LogP contribution in [0.4, 0.5) is 0 Å². The number of unbranched alkanes of at least 4 members (excludes halogenated alkanes) is 5. The Morgan fingerprint density at radius 3 is 1.38 bits per heavy atom. The van der Waals surface area contributed by atoms with E-state index in [1.807, 2.05) is 36.4 Å². The second kappa shape index (κ2) is 11.3. The fourth-order valence-corrected chi connectivity index (χ4v) is 4.75. The van der Waals surface area contributed by atoms with E-state index in [2.05, 4.69) is 34.9 Å². The molecule has 0 radical (unpaired) electrons. The molecule has 0 unspecified atom stereocenters. The molecule has 2 aliphatic carbocycles. The minimum absolute atomic E-state index is 0.172. The summed E-state index contributed by atoms with van der Waals surface area (Å²) in [7, 11) is 0. The highest BCUT2D eigenvalue weighted by atomic mass is 16.2. The molecule has 2 N–H and O–H groups in total. The predicted octanol–water partition coefficient (Wildman–Crippen LogP) is 5.17. The van der Waals surface area contributed by atoms with Crippen molar-refractivity contribution in [2.75, 3.05) is 13.1 Å². The Labute approximate surface area is 192 Å². The van der Waals surface area contributed by atoms with Crippen LogP contribution in [0, 0.1) is 11.8 Å². The molecule has 2 fully saturated rings. The number of amides is 2. The van der Waals surface area contributed by atoms with Crippen molar-refractivity contribution in [1.82, 2.24) is 10.6 Å². The van der Waals surface area contributed by atoms with Gasteiger partial charge in [-0.05, 0) is 48.6 Å². The van der Waals surface area contributed by atoms with Crippen molar-refractivity contribution in [3.8, 4) is 0 Å². The van der Waals surface area contributed by atoms with Gasteiger partial charge in [-0.2, -0.15) is 0 Å². The van der Waals surface area contributed by atoms with Crippen LogP contribution >= 0.6 is 0 Å². The lowest BCUT2D eigenvalue weighted by atomic mass is 10.1. The van der Waals surface area contributed by atoms with E-state index in [9.17, 15) is 9.59 Å². The maximum Gasteiger partial charge on any atom is 0.223 e. The summed E-state index contributed by atoms with van der Waals surface area (Å²) in [4.78, 5) is 24.5. The third kappa shape index (κ3) is 6.44. The summed E-state index contributed by atoms with van der Waals surface area (Å²) in [6.07, 6.45) is 8.76. The molecule has 0 aromatic heterocycles. The maximum absolute atomic E-state index is 12.3. The summed E-state index contributed by atoms with van der Waals surface area (Å²) in [5.41, 5.74) is 2.58. The van der Waals surface area contributed by atoms with Gasteiger partial charge >= 0.3 is 0 Å². The highest BCUT2D eigenvalue weighted by molar-refractivity contribution is 5.83. The highest BCUT2D eigenvalue weighted by Gasteiger charge is 2.44. The molecule has 0 saturated heterocycles. The van der Waals surface area contributed by atoms with Gasteiger partial charge in [-0.3, -0.25) is 9.59 Å². The molecule has 4 heteroatoms. The summed E-state index contributed by atoms with van der Waals surface area (Å²) in [5.74, 6) is 1.62. The number of hydrogen-bond acceptors (Lipinski definition) is 2. The Morgan fingerprint density at radius 2 is 0.969 bits per heavy atom. The Kier molecular flexibility index (Phi) is 7.97. The lowest BCUT2D eigenvalue weighted by molar-refractivity contribution is -0.123. The quantitative estimate of drug-likeness (QED) is 0.429. The molecule has 0 bridgehead atoms. The summed E-state index contributed by atoms with van der Waals surface area (Å²) in [5, 5.41) is 6.23. The molecule has 32 heavy (non-hydrogen) atoms. The first-order chi connectivity index (χ1) is 15.7. The van der Waals surface area contributed by atoms with E-state index in [4.69, 9.17) is 0 Å². The van der Waals surface area contributed by atoms with Crippen LogP contribution in [0.2, 0.25) is 0 Å². The maximum atomic E-state index is 12.3. The first-order valence-corrected chi connectivity index (χ1v) is 12.4. The first-order valence-electron chi connectivity index (χ1n) is 12.4. The summed E-state index contributed by atoms with van der Waals surface area (Å²) in [6.45, 7) is 1.58. The number of nitrogens with one attached hydrogen (secondary N) is 2. The molecular formula is C28H36N2O2. The van der Waals surface area contributed by atoms with Gasteiger partial charge in [-0.15, -0.1) is 0 Å². The van der Waals surface area contributed by atoms with Crippen molar-refractivity contribution >= 4 is 11.8 Å². The van der Waals surface area contributed by atoms with E-state index in [0.717, 1.165) is 51.6 Å². The normalized spacial score (nSPS) is 23.4. The van der Waals surface area contributed by atoms with E-state index < -0.39 is 0 Å². The van der Waals surface area contributed by atoms with Crippen LogP contribution in [0.25, 0.3) is 0 Å². The van der Waals surface area contributed by atoms with Crippen LogP contribution in [-0.4, -0.2) is 24.9 Å². The summed E-state index contributed by atoms with van der Waals surface area (Å²) < 4.78 is 0. The van der Waals surface area contributed by atoms with Crippen molar-refractivity contribution in [2.24, 2.45) is 11.8 Å². The first kappa shape index (κ1) is 22.6. The Morgan fingerprint density at radius 1 is 0.594 bits per heavy atom. The van der Waals surface area contributed by atoms with Crippen LogP contribution in [0.1, 0.15) is 74.3 Å². The molecule has 0 aliphatic heterocycles. The third-order valence-electron chi connectivity index (χ3n) is 6.91. The van der Waals surface area contributed by atoms with Gasteiger partial charge in [0.1, 0.15) is 0 Å². The second-order valence-corrected chi connectivity index (χ2v) is 9.42. The van der Waals surface area contributed by atoms with Gasteiger partial charge in [-0.25, -0.2) is 0 Å². The molecule has 0 heterocycles. The largest absolute Gasteiger partial charge is 0.356 e. The lowest BCUT2D eigenvalue weighted by Crippen LogP contribution is -2.26. The van der Waals surface area contributed by atoms with Crippen molar-refractivity contribution in [3.63, 3.8) is 0 Å².